The molecule has 1 fully saturated rings. The second-order valence-corrected chi connectivity index (χ2v) is 8.54. The van der Waals surface area contributed by atoms with Crippen molar-refractivity contribution in [3.05, 3.63) is 30.1 Å². The van der Waals surface area contributed by atoms with Gasteiger partial charge in [0.2, 0.25) is 0 Å². The van der Waals surface area contributed by atoms with Gasteiger partial charge in [-0.15, -0.1) is 11.8 Å². The lowest BCUT2D eigenvalue weighted by Gasteiger charge is -2.27. The molecule has 1 aromatic rings. The van der Waals surface area contributed by atoms with Crippen LogP contribution in [0.15, 0.2) is 35.0 Å². The molecular formula is C17H19N5O4S2. The van der Waals surface area contributed by atoms with Crippen LogP contribution in [0, 0.1) is 0 Å². The molecule has 4 amide bonds. The number of carbonyl (C=O) groups is 3. The Labute approximate surface area is 170 Å². The summed E-state index contributed by atoms with van der Waals surface area (Å²) in [5.74, 6) is -0.112. The van der Waals surface area contributed by atoms with Crippen molar-refractivity contribution in [1.29, 1.82) is 0 Å². The van der Waals surface area contributed by atoms with Gasteiger partial charge in [0.1, 0.15) is 5.37 Å². The number of hydrogen-bond acceptors (Lipinski definition) is 8. The molecule has 3 aliphatic heterocycles. The zero-order valence-electron chi connectivity index (χ0n) is 14.8. The molecule has 0 radical (unpaired) electrons. The smallest absolute Gasteiger partial charge is 0.324 e. The highest BCUT2D eigenvalue weighted by atomic mass is 32.2. The normalized spacial score (nSPS) is 23.4. The number of nitrogens with zero attached hydrogens (tertiary/aromatic N) is 2. The maximum Gasteiger partial charge on any atom is 0.324 e. The van der Waals surface area contributed by atoms with Gasteiger partial charge in [-0.05, 0) is 6.07 Å². The number of fused-ring (bicyclic) bond motifs is 1. The third-order valence-corrected chi connectivity index (χ3v) is 6.70. The van der Waals surface area contributed by atoms with Crippen LogP contribution in [-0.4, -0.2) is 70.5 Å². The zero-order chi connectivity index (χ0) is 19.5. The SMILES string of the molecule is O=C(NC(=O)N1CCOCC1)C1=CCSC1NC(=O)C1Nc2cnccc2S1. The molecule has 0 aromatic carbocycles. The van der Waals surface area contributed by atoms with E-state index >= 15 is 0 Å². The summed E-state index contributed by atoms with van der Waals surface area (Å²) in [7, 11) is 0. The number of morpholine rings is 1. The molecule has 0 saturated carbocycles. The Kier molecular flexibility index (Phi) is 5.74. The van der Waals surface area contributed by atoms with Crippen molar-refractivity contribution in [2.75, 3.05) is 37.4 Å². The minimum absolute atomic E-state index is 0.223. The summed E-state index contributed by atoms with van der Waals surface area (Å²) in [4.78, 5) is 43.9. The zero-order valence-corrected chi connectivity index (χ0v) is 16.5. The van der Waals surface area contributed by atoms with Gasteiger partial charge in [0.25, 0.3) is 11.8 Å². The minimum atomic E-state index is -0.491. The molecule has 0 spiro atoms. The summed E-state index contributed by atoms with van der Waals surface area (Å²) >= 11 is 2.83. The van der Waals surface area contributed by atoms with Gasteiger partial charge in [0.15, 0.2) is 5.37 Å². The van der Waals surface area contributed by atoms with E-state index in [1.807, 2.05) is 6.07 Å². The fourth-order valence-electron chi connectivity index (χ4n) is 2.99. The van der Waals surface area contributed by atoms with Crippen molar-refractivity contribution in [3.8, 4) is 0 Å². The fraction of sp³-hybridized carbons (Fsp3) is 0.412. The van der Waals surface area contributed by atoms with Crippen molar-refractivity contribution in [3.63, 3.8) is 0 Å². The topological polar surface area (TPSA) is 113 Å². The van der Waals surface area contributed by atoms with Crippen LogP contribution in [0.4, 0.5) is 10.5 Å². The predicted octanol–water partition coefficient (Wildman–Crippen LogP) is 0.609. The molecule has 4 rings (SSSR count). The van der Waals surface area contributed by atoms with Crippen LogP contribution >= 0.6 is 23.5 Å². The lowest BCUT2D eigenvalue weighted by Crippen LogP contribution is -2.49. The van der Waals surface area contributed by atoms with E-state index < -0.39 is 22.7 Å². The maximum atomic E-state index is 12.6. The average molecular weight is 422 g/mol. The average Bonchev–Trinajstić information content (AvgIpc) is 3.35. The number of rotatable bonds is 3. The van der Waals surface area contributed by atoms with Gasteiger partial charge in [-0.25, -0.2) is 4.79 Å². The molecule has 0 bridgehead atoms. The Morgan fingerprint density at radius 2 is 2.11 bits per heavy atom. The van der Waals surface area contributed by atoms with Crippen LogP contribution in [0.3, 0.4) is 0 Å². The van der Waals surface area contributed by atoms with Crippen LogP contribution in [0.25, 0.3) is 0 Å². The quantitative estimate of drug-likeness (QED) is 0.651. The molecule has 2 unspecified atom stereocenters. The third kappa shape index (κ3) is 4.10. The number of imide groups is 1. The molecule has 28 heavy (non-hydrogen) atoms. The van der Waals surface area contributed by atoms with E-state index in [4.69, 9.17) is 4.74 Å². The Hall–Kier alpha value is -2.24. The molecule has 4 heterocycles. The number of ether oxygens (including phenoxy) is 1. The van der Waals surface area contributed by atoms with Gasteiger partial charge in [-0.1, -0.05) is 17.8 Å². The number of urea groups is 1. The molecule has 1 aromatic heterocycles. The van der Waals surface area contributed by atoms with Crippen molar-refractivity contribution >= 4 is 47.1 Å². The van der Waals surface area contributed by atoms with E-state index in [0.717, 1.165) is 10.6 Å². The first kappa shape index (κ1) is 19.1. The van der Waals surface area contributed by atoms with Gasteiger partial charge >= 0.3 is 6.03 Å². The Bertz CT molecular complexity index is 803. The number of thioether (sulfide) groups is 2. The highest BCUT2D eigenvalue weighted by molar-refractivity contribution is 8.01. The number of amides is 4. The van der Waals surface area contributed by atoms with Gasteiger partial charge in [0.05, 0.1) is 25.1 Å². The van der Waals surface area contributed by atoms with Crippen LogP contribution in [0.5, 0.6) is 0 Å². The maximum absolute atomic E-state index is 12.6. The standard InChI is InChI=1S/C17H19N5O4S2/c23-13(21-17(25)22-4-6-26-7-5-22)10-2-8-27-15(10)20-14(24)16-19-11-9-18-3-1-12(11)28-16/h1-3,9,15-16,19H,4-8H2,(H,20,24)(H,21,23,25). The minimum Gasteiger partial charge on any atom is -0.378 e. The number of anilines is 1. The predicted molar refractivity (Wildman–Crippen MR) is 106 cm³/mol. The Morgan fingerprint density at radius 3 is 2.89 bits per heavy atom. The van der Waals surface area contributed by atoms with Crippen molar-refractivity contribution < 1.29 is 19.1 Å². The summed E-state index contributed by atoms with van der Waals surface area (Å²) in [5.41, 5.74) is 1.21. The first-order valence-corrected chi connectivity index (χ1v) is 10.7. The molecule has 2 atom stereocenters. The Balaban J connectivity index is 1.32. The number of carbonyl (C=O) groups excluding carboxylic acids is 3. The van der Waals surface area contributed by atoms with Crippen LogP contribution in [-0.2, 0) is 14.3 Å². The molecule has 148 valence electrons. The van der Waals surface area contributed by atoms with Crippen LogP contribution in [0.2, 0.25) is 0 Å². The molecule has 3 N–H and O–H groups in total. The van der Waals surface area contributed by atoms with E-state index in [1.165, 1.54) is 23.5 Å². The van der Waals surface area contributed by atoms with Crippen LogP contribution < -0.4 is 16.0 Å². The molecule has 3 aliphatic rings. The van der Waals surface area contributed by atoms with E-state index in [9.17, 15) is 14.4 Å². The second-order valence-electron chi connectivity index (χ2n) is 6.25. The number of nitrogens with one attached hydrogen (secondary N) is 3. The number of hydrogen-bond donors (Lipinski definition) is 3. The van der Waals surface area contributed by atoms with E-state index in [-0.39, 0.29) is 5.91 Å². The summed E-state index contributed by atoms with van der Waals surface area (Å²) in [6.07, 6.45) is 5.10. The monoisotopic (exact) mass is 421 g/mol. The van der Waals surface area contributed by atoms with Crippen molar-refractivity contribution in [2.24, 2.45) is 0 Å². The third-order valence-electron chi connectivity index (χ3n) is 4.45. The van der Waals surface area contributed by atoms with Gasteiger partial charge in [-0.3, -0.25) is 19.9 Å². The van der Waals surface area contributed by atoms with Gasteiger partial charge in [0, 0.05) is 35.5 Å². The molecule has 0 aliphatic carbocycles. The van der Waals surface area contributed by atoms with Crippen molar-refractivity contribution in [2.45, 2.75) is 15.6 Å². The lowest BCUT2D eigenvalue weighted by molar-refractivity contribution is -0.120. The van der Waals surface area contributed by atoms with E-state index in [0.29, 0.717) is 37.6 Å². The van der Waals surface area contributed by atoms with E-state index in [2.05, 4.69) is 20.9 Å². The number of aromatic nitrogens is 1. The van der Waals surface area contributed by atoms with Gasteiger partial charge in [-0.2, -0.15) is 0 Å². The Morgan fingerprint density at radius 1 is 1.29 bits per heavy atom. The van der Waals surface area contributed by atoms with Crippen molar-refractivity contribution in [1.82, 2.24) is 20.5 Å². The first-order valence-electron chi connectivity index (χ1n) is 8.79. The highest BCUT2D eigenvalue weighted by Gasteiger charge is 2.33. The van der Waals surface area contributed by atoms with Gasteiger partial charge < -0.3 is 20.3 Å². The molecule has 9 nitrogen and oxygen atoms in total. The largest absolute Gasteiger partial charge is 0.378 e. The summed E-state index contributed by atoms with van der Waals surface area (Å²) in [5, 5.41) is 7.43. The summed E-state index contributed by atoms with van der Waals surface area (Å²) in [6, 6.07) is 1.41. The number of pyridine rings is 1. The first-order chi connectivity index (χ1) is 13.6. The molecular weight excluding hydrogens is 402 g/mol. The summed E-state index contributed by atoms with van der Waals surface area (Å²) in [6.45, 7) is 1.83. The fourth-order valence-corrected chi connectivity index (χ4v) is 5.03. The van der Waals surface area contributed by atoms with E-state index in [1.54, 1.807) is 23.4 Å². The molecule has 11 heteroatoms. The highest BCUT2D eigenvalue weighted by Crippen LogP contribution is 2.37. The lowest BCUT2D eigenvalue weighted by atomic mass is 10.2. The summed E-state index contributed by atoms with van der Waals surface area (Å²) < 4.78 is 5.21. The second kappa shape index (κ2) is 8.41. The molecule has 1 saturated heterocycles. The van der Waals surface area contributed by atoms with Crippen LogP contribution in [0.1, 0.15) is 0 Å².